The average Bonchev–Trinajstić information content (AvgIpc) is 3.46. The maximum absolute atomic E-state index is 11.4. The van der Waals surface area contributed by atoms with Crippen LogP contribution in [0.4, 0.5) is 5.69 Å². The number of nitro benzene ring substituents is 1. The lowest BCUT2D eigenvalue weighted by Crippen LogP contribution is -2.34. The number of nitro groups is 1. The third-order valence-corrected chi connectivity index (χ3v) is 6.49. The first-order chi connectivity index (χ1) is 16.0. The van der Waals surface area contributed by atoms with E-state index in [-0.39, 0.29) is 18.5 Å². The Hall–Kier alpha value is -3.49. The van der Waals surface area contributed by atoms with E-state index < -0.39 is 11.2 Å². The molecule has 166 valence electrons. The summed E-state index contributed by atoms with van der Waals surface area (Å²) < 4.78 is 17.2. The fourth-order valence-corrected chi connectivity index (χ4v) is 4.74. The summed E-state index contributed by atoms with van der Waals surface area (Å²) in [7, 11) is 0. The van der Waals surface area contributed by atoms with Crippen molar-refractivity contribution in [2.75, 3.05) is 6.79 Å². The van der Waals surface area contributed by atoms with Crippen LogP contribution in [-0.4, -0.2) is 22.4 Å². The predicted molar refractivity (Wildman–Crippen MR) is 121 cm³/mol. The van der Waals surface area contributed by atoms with Gasteiger partial charge in [-0.1, -0.05) is 23.2 Å². The Bertz CT molecular complexity index is 1350. The molecule has 0 radical (unpaired) electrons. The molecule has 33 heavy (non-hydrogen) atoms. The van der Waals surface area contributed by atoms with Crippen LogP contribution in [0.3, 0.4) is 0 Å². The molecule has 3 heterocycles. The van der Waals surface area contributed by atoms with Crippen LogP contribution in [0.15, 0.2) is 59.7 Å². The second-order valence-corrected chi connectivity index (χ2v) is 8.67. The quantitative estimate of drug-likeness (QED) is 0.341. The second kappa shape index (κ2) is 7.54. The maximum atomic E-state index is 11.4. The number of non-ortho nitro benzene ring substituents is 1. The number of fused-ring (bicyclic) bond motifs is 4. The lowest BCUT2D eigenvalue weighted by molar-refractivity contribution is -0.385. The molecule has 0 saturated heterocycles. The summed E-state index contributed by atoms with van der Waals surface area (Å²) in [6, 6.07) is 15.2. The van der Waals surface area contributed by atoms with Crippen LogP contribution in [0, 0.1) is 10.1 Å². The summed E-state index contributed by atoms with van der Waals surface area (Å²) in [5, 5.41) is 19.0. The molecule has 0 fully saturated rings. The normalized spacial score (nSPS) is 20.1. The van der Waals surface area contributed by atoms with Crippen molar-refractivity contribution in [1.29, 1.82) is 0 Å². The van der Waals surface area contributed by atoms with Gasteiger partial charge in [-0.3, -0.25) is 10.1 Å². The number of ether oxygens (including phenoxy) is 3. The molecule has 3 aromatic carbocycles. The molecule has 3 aromatic rings. The van der Waals surface area contributed by atoms with Crippen molar-refractivity contribution >= 4 is 34.6 Å². The Morgan fingerprint density at radius 2 is 1.79 bits per heavy atom. The summed E-state index contributed by atoms with van der Waals surface area (Å²) in [6.07, 6.45) is -0.165. The summed E-state index contributed by atoms with van der Waals surface area (Å²) in [5.41, 5.74) is 2.99. The van der Waals surface area contributed by atoms with Crippen molar-refractivity contribution in [1.82, 2.24) is 5.01 Å². The van der Waals surface area contributed by atoms with E-state index in [4.69, 9.17) is 42.5 Å². The van der Waals surface area contributed by atoms with Gasteiger partial charge in [-0.2, -0.15) is 5.10 Å². The lowest BCUT2D eigenvalue weighted by atomic mass is 9.95. The molecular weight excluding hydrogens is 469 g/mol. The van der Waals surface area contributed by atoms with Crippen LogP contribution in [-0.2, 0) is 0 Å². The molecule has 10 heteroatoms. The van der Waals surface area contributed by atoms with E-state index in [1.807, 2.05) is 24.3 Å². The van der Waals surface area contributed by atoms with E-state index in [9.17, 15) is 10.1 Å². The third kappa shape index (κ3) is 3.34. The van der Waals surface area contributed by atoms with Crippen molar-refractivity contribution in [3.05, 3.63) is 91.4 Å². The Balaban J connectivity index is 1.46. The Morgan fingerprint density at radius 3 is 2.64 bits per heavy atom. The lowest BCUT2D eigenvalue weighted by Gasteiger charge is -2.38. The molecule has 0 saturated carbocycles. The van der Waals surface area contributed by atoms with E-state index in [0.29, 0.717) is 39.3 Å². The Labute approximate surface area is 198 Å². The number of hydrogen-bond acceptors (Lipinski definition) is 7. The van der Waals surface area contributed by atoms with Crippen molar-refractivity contribution in [3.63, 3.8) is 0 Å². The zero-order valence-corrected chi connectivity index (χ0v) is 18.4. The summed E-state index contributed by atoms with van der Waals surface area (Å²) in [5.74, 6) is 1.99. The molecule has 0 aliphatic carbocycles. The summed E-state index contributed by atoms with van der Waals surface area (Å²) >= 11 is 12.7. The van der Waals surface area contributed by atoms with E-state index in [1.54, 1.807) is 17.1 Å². The van der Waals surface area contributed by atoms with Crippen LogP contribution < -0.4 is 14.2 Å². The molecule has 6 rings (SSSR count). The van der Waals surface area contributed by atoms with E-state index in [2.05, 4.69) is 0 Å². The summed E-state index contributed by atoms with van der Waals surface area (Å²) in [4.78, 5) is 10.9. The van der Waals surface area contributed by atoms with Crippen LogP contribution in [0.5, 0.6) is 17.2 Å². The maximum Gasteiger partial charge on any atom is 0.270 e. The van der Waals surface area contributed by atoms with E-state index >= 15 is 0 Å². The monoisotopic (exact) mass is 483 g/mol. The van der Waals surface area contributed by atoms with Gasteiger partial charge in [0.25, 0.3) is 5.69 Å². The zero-order chi connectivity index (χ0) is 22.7. The number of rotatable bonds is 3. The fraction of sp³-hybridized carbons (Fsp3) is 0.174. The van der Waals surface area contributed by atoms with Gasteiger partial charge in [0.2, 0.25) is 13.0 Å². The van der Waals surface area contributed by atoms with Gasteiger partial charge >= 0.3 is 0 Å². The highest BCUT2D eigenvalue weighted by Crippen LogP contribution is 2.49. The van der Waals surface area contributed by atoms with Crippen LogP contribution in [0.25, 0.3) is 0 Å². The minimum absolute atomic E-state index is 0.0735. The fourth-order valence-electron chi connectivity index (χ4n) is 4.35. The average molecular weight is 484 g/mol. The van der Waals surface area contributed by atoms with Gasteiger partial charge in [-0.15, -0.1) is 0 Å². The van der Waals surface area contributed by atoms with E-state index in [0.717, 1.165) is 16.8 Å². The highest BCUT2D eigenvalue weighted by molar-refractivity contribution is 6.31. The molecule has 0 N–H and O–H groups in total. The van der Waals surface area contributed by atoms with Gasteiger partial charge in [0.1, 0.15) is 5.75 Å². The topological polar surface area (TPSA) is 86.4 Å². The highest BCUT2D eigenvalue weighted by Gasteiger charge is 2.42. The molecule has 0 unspecified atom stereocenters. The van der Waals surface area contributed by atoms with Crippen molar-refractivity contribution in [3.8, 4) is 17.2 Å². The van der Waals surface area contributed by atoms with Gasteiger partial charge in [0.15, 0.2) is 11.5 Å². The minimum Gasteiger partial charge on any atom is -0.464 e. The molecule has 3 aliphatic rings. The Morgan fingerprint density at radius 1 is 0.970 bits per heavy atom. The largest absolute Gasteiger partial charge is 0.464 e. The van der Waals surface area contributed by atoms with Crippen LogP contribution >= 0.6 is 23.2 Å². The molecular formula is C23H15Cl2N3O5. The molecule has 0 spiro atoms. The first kappa shape index (κ1) is 20.1. The van der Waals surface area contributed by atoms with Gasteiger partial charge in [-0.25, -0.2) is 5.01 Å². The predicted octanol–water partition coefficient (Wildman–Crippen LogP) is 5.87. The molecule has 2 atom stereocenters. The van der Waals surface area contributed by atoms with Crippen molar-refractivity contribution in [2.45, 2.75) is 18.7 Å². The van der Waals surface area contributed by atoms with Crippen molar-refractivity contribution < 1.29 is 19.1 Å². The number of benzene rings is 3. The SMILES string of the molecule is O=[N+]([O-])c1ccc(Cl)c([C@H]2Oc3ccc(Cl)cc3[C@H]3CC(c4ccc5c(c4)OCO5)=NN32)c1. The molecule has 0 aromatic heterocycles. The van der Waals surface area contributed by atoms with Crippen LogP contribution in [0.1, 0.15) is 35.4 Å². The number of hydrazone groups is 1. The van der Waals surface area contributed by atoms with E-state index in [1.165, 1.54) is 18.2 Å². The smallest absolute Gasteiger partial charge is 0.270 e. The molecule has 3 aliphatic heterocycles. The number of hydrogen-bond donors (Lipinski definition) is 0. The molecule has 8 nitrogen and oxygen atoms in total. The zero-order valence-electron chi connectivity index (χ0n) is 16.9. The third-order valence-electron chi connectivity index (χ3n) is 5.91. The van der Waals surface area contributed by atoms with Gasteiger partial charge in [0, 0.05) is 45.3 Å². The Kier molecular flexibility index (Phi) is 4.60. The first-order valence-electron chi connectivity index (χ1n) is 10.1. The highest BCUT2D eigenvalue weighted by atomic mass is 35.5. The standard InChI is InChI=1S/C23H15Cl2N3O5/c24-13-2-6-20-16(8-13)19-10-18(12-1-5-21-22(7-12)32-11-31-21)26-27(19)23(33-20)15-9-14(28(29)30)3-4-17(15)25/h1-9,19,23H,10-11H2/t19-,23-/m1/s1. The molecule has 0 bridgehead atoms. The first-order valence-corrected chi connectivity index (χ1v) is 10.9. The number of halogens is 2. The molecule has 0 amide bonds. The summed E-state index contributed by atoms with van der Waals surface area (Å²) in [6.45, 7) is 0.188. The van der Waals surface area contributed by atoms with Crippen LogP contribution in [0.2, 0.25) is 10.0 Å². The van der Waals surface area contributed by atoms with Crippen molar-refractivity contribution in [2.24, 2.45) is 5.10 Å². The van der Waals surface area contributed by atoms with Gasteiger partial charge in [0.05, 0.1) is 16.7 Å². The minimum atomic E-state index is -0.748. The van der Waals surface area contributed by atoms with Gasteiger partial charge in [-0.05, 0) is 42.5 Å². The second-order valence-electron chi connectivity index (χ2n) is 7.83. The number of nitrogens with zero attached hydrogens (tertiary/aromatic N) is 3. The van der Waals surface area contributed by atoms with Gasteiger partial charge < -0.3 is 14.2 Å².